The molecule has 2 aliphatic rings. The van der Waals surface area contributed by atoms with Crippen molar-refractivity contribution in [3.05, 3.63) is 41.4 Å². The van der Waals surface area contributed by atoms with Crippen molar-refractivity contribution in [3.63, 3.8) is 0 Å². The lowest BCUT2D eigenvalue weighted by Gasteiger charge is -2.14. The zero-order valence-electron chi connectivity index (χ0n) is 15.0. The van der Waals surface area contributed by atoms with Crippen LogP contribution in [-0.4, -0.2) is 41.7 Å². The highest BCUT2D eigenvalue weighted by Gasteiger charge is 2.46. The first-order chi connectivity index (χ1) is 13.5. The van der Waals surface area contributed by atoms with E-state index in [4.69, 9.17) is 16.3 Å². The van der Waals surface area contributed by atoms with Crippen LogP contribution in [0.5, 0.6) is 5.75 Å². The van der Waals surface area contributed by atoms with Crippen LogP contribution < -0.4 is 15.6 Å². The quantitative estimate of drug-likeness (QED) is 0.420. The number of allylic oxidation sites excluding steroid dienone is 2. The minimum absolute atomic E-state index is 0.0114. The van der Waals surface area contributed by atoms with E-state index in [2.05, 4.69) is 10.9 Å². The number of hydrogen-bond donors (Lipinski definition) is 2. The van der Waals surface area contributed by atoms with Crippen LogP contribution in [0.1, 0.15) is 19.3 Å². The number of benzene rings is 1. The summed E-state index contributed by atoms with van der Waals surface area (Å²) < 4.78 is 5.26. The number of hydrogen-bond acceptors (Lipinski definition) is 5. The monoisotopic (exact) mass is 405 g/mol. The fourth-order valence-corrected chi connectivity index (χ4v) is 3.44. The molecule has 0 unspecified atom stereocenters. The fourth-order valence-electron chi connectivity index (χ4n) is 3.25. The molecule has 0 spiro atoms. The van der Waals surface area contributed by atoms with Gasteiger partial charge in [-0.05, 0) is 25.0 Å². The fraction of sp³-hybridized carbons (Fsp3) is 0.368. The highest BCUT2D eigenvalue weighted by molar-refractivity contribution is 6.32. The van der Waals surface area contributed by atoms with E-state index >= 15 is 0 Å². The largest absolute Gasteiger partial charge is 0.482 e. The third-order valence-corrected chi connectivity index (χ3v) is 5.01. The Morgan fingerprint density at radius 2 is 1.64 bits per heavy atom. The van der Waals surface area contributed by atoms with Gasteiger partial charge in [0.2, 0.25) is 17.7 Å². The van der Waals surface area contributed by atoms with Crippen LogP contribution in [-0.2, 0) is 19.2 Å². The highest BCUT2D eigenvalue weighted by atomic mass is 35.5. The minimum Gasteiger partial charge on any atom is -0.482 e. The molecule has 0 bridgehead atoms. The van der Waals surface area contributed by atoms with Gasteiger partial charge in [-0.2, -0.15) is 0 Å². The van der Waals surface area contributed by atoms with E-state index in [1.807, 2.05) is 12.2 Å². The zero-order chi connectivity index (χ0) is 20.1. The molecule has 8 nitrogen and oxygen atoms in total. The molecule has 0 saturated carbocycles. The number of carbonyl (C=O) groups excluding carboxylic acids is 4. The molecule has 1 aliphatic carbocycles. The number of ether oxygens (including phenoxy) is 1. The topological polar surface area (TPSA) is 105 Å². The van der Waals surface area contributed by atoms with Crippen LogP contribution in [0.25, 0.3) is 0 Å². The minimum atomic E-state index is -0.571. The zero-order valence-corrected chi connectivity index (χ0v) is 15.8. The van der Waals surface area contributed by atoms with E-state index in [-0.39, 0.29) is 43.2 Å². The summed E-state index contributed by atoms with van der Waals surface area (Å²) in [5.74, 6) is -1.83. The predicted octanol–water partition coefficient (Wildman–Crippen LogP) is 1.21. The molecule has 148 valence electrons. The number of para-hydroxylation sites is 1. The number of imide groups is 1. The van der Waals surface area contributed by atoms with Crippen molar-refractivity contribution >= 4 is 35.2 Å². The number of likely N-dealkylation sites (tertiary alicyclic amines) is 1. The van der Waals surface area contributed by atoms with Crippen molar-refractivity contribution in [2.24, 2.45) is 11.8 Å². The molecule has 1 fully saturated rings. The van der Waals surface area contributed by atoms with E-state index in [1.165, 1.54) is 0 Å². The van der Waals surface area contributed by atoms with Crippen molar-refractivity contribution in [2.75, 3.05) is 13.2 Å². The molecule has 2 N–H and O–H groups in total. The maximum Gasteiger partial charge on any atom is 0.276 e. The van der Waals surface area contributed by atoms with Gasteiger partial charge in [-0.3, -0.25) is 34.9 Å². The summed E-state index contributed by atoms with van der Waals surface area (Å²) in [7, 11) is 0. The summed E-state index contributed by atoms with van der Waals surface area (Å²) in [6, 6.07) is 6.69. The Morgan fingerprint density at radius 3 is 2.29 bits per heavy atom. The van der Waals surface area contributed by atoms with Gasteiger partial charge in [-0.25, -0.2) is 0 Å². The number of halogens is 1. The molecule has 9 heteroatoms. The van der Waals surface area contributed by atoms with Crippen LogP contribution in [0.3, 0.4) is 0 Å². The molecular weight excluding hydrogens is 386 g/mol. The number of rotatable bonds is 6. The standard InChI is InChI=1S/C19H20ClN3O5/c20-14-7-3-4-8-15(14)28-11-17(25)22-21-16(24)9-10-23-18(26)12-5-1-2-6-13(12)19(23)27/h1-4,7-8,12-13H,5-6,9-11H2,(H,21,24)(H,22,25)/t12-,13+. The second-order valence-corrected chi connectivity index (χ2v) is 6.96. The lowest BCUT2D eigenvalue weighted by Crippen LogP contribution is -2.45. The summed E-state index contributed by atoms with van der Waals surface area (Å²) in [4.78, 5) is 49.4. The van der Waals surface area contributed by atoms with Crippen molar-refractivity contribution in [1.82, 2.24) is 15.8 Å². The van der Waals surface area contributed by atoms with Crippen molar-refractivity contribution in [2.45, 2.75) is 19.3 Å². The first-order valence-corrected chi connectivity index (χ1v) is 9.30. The van der Waals surface area contributed by atoms with Crippen LogP contribution in [0.4, 0.5) is 0 Å². The maximum atomic E-state index is 12.3. The van der Waals surface area contributed by atoms with Crippen LogP contribution in [0.2, 0.25) is 5.02 Å². The molecular formula is C19H20ClN3O5. The van der Waals surface area contributed by atoms with Gasteiger partial charge in [0, 0.05) is 13.0 Å². The Balaban J connectivity index is 1.39. The Morgan fingerprint density at radius 1 is 1.04 bits per heavy atom. The molecule has 4 amide bonds. The van der Waals surface area contributed by atoms with Crippen molar-refractivity contribution in [3.8, 4) is 5.75 Å². The number of fused-ring (bicyclic) bond motifs is 1. The average Bonchev–Trinajstić information content (AvgIpc) is 2.94. The molecule has 1 aromatic carbocycles. The number of hydrazine groups is 1. The van der Waals surface area contributed by atoms with Crippen LogP contribution in [0.15, 0.2) is 36.4 Å². The van der Waals surface area contributed by atoms with Gasteiger partial charge in [-0.1, -0.05) is 35.9 Å². The van der Waals surface area contributed by atoms with E-state index in [1.54, 1.807) is 24.3 Å². The molecule has 1 heterocycles. The number of nitrogens with one attached hydrogen (secondary N) is 2. The second-order valence-electron chi connectivity index (χ2n) is 6.55. The van der Waals surface area contributed by atoms with Crippen LogP contribution >= 0.6 is 11.6 Å². The molecule has 1 saturated heterocycles. The molecule has 2 atom stereocenters. The van der Waals surface area contributed by atoms with E-state index < -0.39 is 11.8 Å². The third kappa shape index (κ3) is 4.51. The predicted molar refractivity (Wildman–Crippen MR) is 99.9 cm³/mol. The van der Waals surface area contributed by atoms with E-state index in [9.17, 15) is 19.2 Å². The lowest BCUT2D eigenvalue weighted by molar-refractivity contribution is -0.140. The Kier molecular flexibility index (Phi) is 6.30. The summed E-state index contributed by atoms with van der Waals surface area (Å²) in [6.07, 6.45) is 4.82. The normalized spacial score (nSPS) is 20.7. The van der Waals surface area contributed by atoms with Gasteiger partial charge in [-0.15, -0.1) is 0 Å². The summed E-state index contributed by atoms with van der Waals surface area (Å²) in [5, 5.41) is 0.370. The summed E-state index contributed by atoms with van der Waals surface area (Å²) >= 11 is 5.92. The van der Waals surface area contributed by atoms with Gasteiger partial charge < -0.3 is 4.74 Å². The Hall–Kier alpha value is -2.87. The van der Waals surface area contributed by atoms with Gasteiger partial charge >= 0.3 is 0 Å². The number of nitrogens with zero attached hydrogens (tertiary/aromatic N) is 1. The molecule has 28 heavy (non-hydrogen) atoms. The Labute approximate surface area is 166 Å². The maximum absolute atomic E-state index is 12.3. The molecule has 0 radical (unpaired) electrons. The van der Waals surface area contributed by atoms with E-state index in [0.717, 1.165) is 4.90 Å². The SMILES string of the molecule is O=C(CCN1C(=O)[C@H]2CC=CC[C@H]2C1=O)NNC(=O)COc1ccccc1Cl. The summed E-state index contributed by atoms with van der Waals surface area (Å²) in [5.41, 5.74) is 4.45. The molecule has 1 aliphatic heterocycles. The molecule has 0 aromatic heterocycles. The second kappa shape index (κ2) is 8.88. The van der Waals surface area contributed by atoms with E-state index in [0.29, 0.717) is 23.6 Å². The summed E-state index contributed by atoms with van der Waals surface area (Å²) in [6.45, 7) is -0.341. The highest BCUT2D eigenvalue weighted by Crippen LogP contribution is 2.34. The first-order valence-electron chi connectivity index (χ1n) is 8.92. The van der Waals surface area contributed by atoms with Crippen LogP contribution in [0, 0.1) is 11.8 Å². The lowest BCUT2D eigenvalue weighted by atomic mass is 9.85. The van der Waals surface area contributed by atoms with Gasteiger partial charge in [0.05, 0.1) is 16.9 Å². The number of carbonyl (C=O) groups is 4. The molecule has 3 rings (SSSR count). The number of amides is 4. The smallest absolute Gasteiger partial charge is 0.276 e. The molecule has 1 aromatic rings. The van der Waals surface area contributed by atoms with Gasteiger partial charge in [0.15, 0.2) is 6.61 Å². The van der Waals surface area contributed by atoms with Crippen molar-refractivity contribution < 1.29 is 23.9 Å². The van der Waals surface area contributed by atoms with Gasteiger partial charge in [0.1, 0.15) is 5.75 Å². The first kappa shape index (κ1) is 19.9. The van der Waals surface area contributed by atoms with Crippen molar-refractivity contribution in [1.29, 1.82) is 0 Å². The average molecular weight is 406 g/mol. The Bertz CT molecular complexity index is 800. The third-order valence-electron chi connectivity index (χ3n) is 4.70. The van der Waals surface area contributed by atoms with Gasteiger partial charge in [0.25, 0.3) is 5.91 Å².